The monoisotopic (exact) mass is 482 g/mol. The van der Waals surface area contributed by atoms with Crippen molar-refractivity contribution in [1.29, 1.82) is 0 Å². The number of halogens is 1. The quantitative estimate of drug-likeness (QED) is 0.424. The van der Waals surface area contributed by atoms with Crippen molar-refractivity contribution in [2.24, 2.45) is 0 Å². The first-order valence-corrected chi connectivity index (χ1v) is 11.5. The van der Waals surface area contributed by atoms with E-state index in [2.05, 4.69) is 0 Å². The number of nitrogens with zero attached hydrogens (tertiary/aromatic N) is 2. The number of fused-ring (bicyclic) bond motifs is 1. The largest absolute Gasteiger partial charge is 0.503 e. The molecule has 0 saturated heterocycles. The van der Waals surface area contributed by atoms with Crippen molar-refractivity contribution >= 4 is 39.9 Å². The van der Waals surface area contributed by atoms with Gasteiger partial charge >= 0.3 is 0 Å². The Balaban J connectivity index is 1.80. The van der Waals surface area contributed by atoms with Crippen molar-refractivity contribution in [3.63, 3.8) is 0 Å². The van der Waals surface area contributed by atoms with Gasteiger partial charge in [0.05, 0.1) is 18.7 Å². The molecule has 2 aromatic carbocycles. The second-order valence-electron chi connectivity index (χ2n) is 8.47. The number of methoxy groups -OCH3 is 1. The Morgan fingerprint density at radius 3 is 2.53 bits per heavy atom. The van der Waals surface area contributed by atoms with Crippen molar-refractivity contribution in [1.82, 2.24) is 4.90 Å². The van der Waals surface area contributed by atoms with Crippen molar-refractivity contribution in [3.05, 3.63) is 70.1 Å². The molecule has 1 N–H and O–H groups in total. The fraction of sp³-hybridized carbons (Fsp3) is 0.308. The topological polar surface area (TPSA) is 83.2 Å². The molecule has 0 fully saturated rings. The Kier molecular flexibility index (Phi) is 6.57. The van der Waals surface area contributed by atoms with Gasteiger partial charge in [0.1, 0.15) is 0 Å². The molecule has 1 atom stereocenters. The number of amides is 1. The average molecular weight is 483 g/mol. The van der Waals surface area contributed by atoms with Gasteiger partial charge < -0.3 is 24.1 Å². The summed E-state index contributed by atoms with van der Waals surface area (Å²) < 4.78 is 11.2. The average Bonchev–Trinajstić information content (AvgIpc) is 3.36. The second-order valence-corrected chi connectivity index (χ2v) is 8.91. The number of ketones is 1. The van der Waals surface area contributed by atoms with E-state index in [-0.39, 0.29) is 11.3 Å². The smallest absolute Gasteiger partial charge is 0.290 e. The molecule has 178 valence electrons. The third kappa shape index (κ3) is 4.12. The van der Waals surface area contributed by atoms with E-state index in [1.54, 1.807) is 23.1 Å². The van der Waals surface area contributed by atoms with Crippen LogP contribution < -0.4 is 9.64 Å². The van der Waals surface area contributed by atoms with Gasteiger partial charge in [-0.3, -0.25) is 9.59 Å². The van der Waals surface area contributed by atoms with E-state index < -0.39 is 23.5 Å². The number of carbonyl (C=O) groups excluding carboxylic acids is 2. The fourth-order valence-electron chi connectivity index (χ4n) is 4.23. The first kappa shape index (κ1) is 23.7. The van der Waals surface area contributed by atoms with Gasteiger partial charge in [0, 0.05) is 42.8 Å². The molecule has 1 aromatic heterocycles. The van der Waals surface area contributed by atoms with E-state index in [1.807, 2.05) is 50.2 Å². The number of benzene rings is 2. The molecule has 0 saturated carbocycles. The lowest BCUT2D eigenvalue weighted by molar-refractivity contribution is -0.129. The van der Waals surface area contributed by atoms with Crippen LogP contribution in [0.3, 0.4) is 0 Å². The SMILES string of the molecule is CCCCN1C(=O)C(O)=C(C(=O)c2cc3cc(Cl)cc(OC)c3o2)C1c1ccc(N(C)C)cc1. The van der Waals surface area contributed by atoms with Crippen LogP contribution in [0.15, 0.2) is 58.2 Å². The molecule has 0 bridgehead atoms. The summed E-state index contributed by atoms with van der Waals surface area (Å²) in [5.41, 5.74) is 2.09. The standard InChI is InChI=1S/C26H27ClN2O5/c1-5-6-11-29-22(15-7-9-18(10-8-15)28(2)3)21(24(31)26(29)32)23(30)19-13-16-12-17(27)14-20(33-4)25(16)34-19/h7-10,12-14,22,31H,5-6,11H2,1-4H3. The van der Waals surface area contributed by atoms with Crippen LogP contribution in [-0.4, -0.2) is 49.4 Å². The fourth-order valence-corrected chi connectivity index (χ4v) is 4.44. The molecular formula is C26H27ClN2O5. The normalized spacial score (nSPS) is 16.0. The number of ether oxygens (including phenoxy) is 1. The van der Waals surface area contributed by atoms with Gasteiger partial charge in [0.2, 0.25) is 5.78 Å². The predicted octanol–water partition coefficient (Wildman–Crippen LogP) is 5.54. The van der Waals surface area contributed by atoms with Crippen LogP contribution in [0.25, 0.3) is 11.0 Å². The number of hydrogen-bond donors (Lipinski definition) is 1. The molecule has 0 spiro atoms. The highest BCUT2D eigenvalue weighted by Crippen LogP contribution is 2.41. The number of aliphatic hydroxyl groups is 1. The zero-order valence-corrected chi connectivity index (χ0v) is 20.3. The number of hydrogen-bond acceptors (Lipinski definition) is 6. The lowest BCUT2D eigenvalue weighted by Crippen LogP contribution is -2.32. The summed E-state index contributed by atoms with van der Waals surface area (Å²) >= 11 is 6.16. The van der Waals surface area contributed by atoms with E-state index in [1.165, 1.54) is 7.11 Å². The number of furan rings is 1. The molecular weight excluding hydrogens is 456 g/mol. The molecule has 1 aliphatic rings. The van der Waals surface area contributed by atoms with E-state index in [4.69, 9.17) is 20.8 Å². The first-order valence-electron chi connectivity index (χ1n) is 11.1. The predicted molar refractivity (Wildman–Crippen MR) is 132 cm³/mol. The minimum absolute atomic E-state index is 0.00262. The first-order chi connectivity index (χ1) is 16.3. The van der Waals surface area contributed by atoms with Gasteiger partial charge in [0.15, 0.2) is 22.9 Å². The maximum atomic E-state index is 13.7. The van der Waals surface area contributed by atoms with E-state index in [0.29, 0.717) is 28.3 Å². The van der Waals surface area contributed by atoms with Crippen LogP contribution in [-0.2, 0) is 4.79 Å². The van der Waals surface area contributed by atoms with Crippen molar-refractivity contribution in [3.8, 4) is 5.75 Å². The van der Waals surface area contributed by atoms with Crippen LogP contribution in [0.1, 0.15) is 41.9 Å². The summed E-state index contributed by atoms with van der Waals surface area (Å²) in [6.45, 7) is 2.44. The number of Topliss-reactive ketones (excluding diaryl/α,β-unsaturated/α-hetero) is 1. The van der Waals surface area contributed by atoms with E-state index in [9.17, 15) is 14.7 Å². The zero-order valence-electron chi connectivity index (χ0n) is 19.6. The minimum Gasteiger partial charge on any atom is -0.503 e. The van der Waals surface area contributed by atoms with Crippen molar-refractivity contribution in [2.75, 3.05) is 32.6 Å². The van der Waals surface area contributed by atoms with E-state index in [0.717, 1.165) is 24.1 Å². The van der Waals surface area contributed by atoms with Crippen LogP contribution in [0.4, 0.5) is 5.69 Å². The van der Waals surface area contributed by atoms with Crippen LogP contribution in [0.2, 0.25) is 5.02 Å². The molecule has 3 aromatic rings. The molecule has 0 aliphatic carbocycles. The summed E-state index contributed by atoms with van der Waals surface area (Å²) in [5, 5.41) is 11.9. The zero-order chi connectivity index (χ0) is 24.6. The van der Waals surface area contributed by atoms with E-state index >= 15 is 0 Å². The minimum atomic E-state index is -0.721. The molecule has 1 aliphatic heterocycles. The molecule has 0 radical (unpaired) electrons. The Morgan fingerprint density at radius 2 is 1.91 bits per heavy atom. The molecule has 8 heteroatoms. The molecule has 1 unspecified atom stereocenters. The summed E-state index contributed by atoms with van der Waals surface area (Å²) in [7, 11) is 5.35. The van der Waals surface area contributed by atoms with Gasteiger partial charge in [-0.05, 0) is 36.2 Å². The summed E-state index contributed by atoms with van der Waals surface area (Å²) in [5.74, 6) is -1.27. The Hall–Kier alpha value is -3.45. The van der Waals surface area contributed by atoms with Gasteiger partial charge in [-0.2, -0.15) is 0 Å². The third-order valence-electron chi connectivity index (χ3n) is 6.02. The third-order valence-corrected chi connectivity index (χ3v) is 6.23. The highest BCUT2D eigenvalue weighted by molar-refractivity contribution is 6.31. The lowest BCUT2D eigenvalue weighted by Gasteiger charge is -2.27. The highest BCUT2D eigenvalue weighted by atomic mass is 35.5. The van der Waals surface area contributed by atoms with Crippen molar-refractivity contribution in [2.45, 2.75) is 25.8 Å². The lowest BCUT2D eigenvalue weighted by atomic mass is 9.94. The number of rotatable bonds is 8. The molecule has 2 heterocycles. The van der Waals surface area contributed by atoms with Crippen LogP contribution in [0, 0.1) is 0 Å². The van der Waals surface area contributed by atoms with Gasteiger partial charge in [-0.1, -0.05) is 37.1 Å². The highest BCUT2D eigenvalue weighted by Gasteiger charge is 2.44. The van der Waals surface area contributed by atoms with Crippen molar-refractivity contribution < 1.29 is 23.8 Å². The maximum absolute atomic E-state index is 13.7. The number of aliphatic hydroxyl groups excluding tert-OH is 1. The number of anilines is 1. The van der Waals surface area contributed by atoms with Crippen LogP contribution in [0.5, 0.6) is 5.75 Å². The Labute approximate surface area is 203 Å². The number of carbonyl (C=O) groups is 2. The molecule has 7 nitrogen and oxygen atoms in total. The summed E-state index contributed by atoms with van der Waals surface area (Å²) in [4.78, 5) is 30.2. The summed E-state index contributed by atoms with van der Waals surface area (Å²) in [6.07, 6.45) is 1.61. The van der Waals surface area contributed by atoms with Gasteiger partial charge in [0.25, 0.3) is 5.91 Å². The second kappa shape index (κ2) is 9.43. The molecule has 1 amide bonds. The number of unbranched alkanes of at least 4 members (excludes halogenated alkanes) is 1. The van der Waals surface area contributed by atoms with Gasteiger partial charge in [-0.15, -0.1) is 0 Å². The molecule has 34 heavy (non-hydrogen) atoms. The summed E-state index contributed by atoms with van der Waals surface area (Å²) in [6, 6.07) is 11.7. The maximum Gasteiger partial charge on any atom is 0.290 e. The molecule has 4 rings (SSSR count). The van der Waals surface area contributed by atoms with Gasteiger partial charge in [-0.25, -0.2) is 0 Å². The Morgan fingerprint density at radius 1 is 1.21 bits per heavy atom. The van der Waals surface area contributed by atoms with Crippen LogP contribution >= 0.6 is 11.6 Å². The Bertz CT molecular complexity index is 1280.